The molecule has 0 amide bonds. The van der Waals surface area contributed by atoms with Gasteiger partial charge in [0.25, 0.3) is 0 Å². The molecular weight excluding hydrogens is 398 g/mol. The largest absolute Gasteiger partial charge is 0.489 e. The molecule has 0 aliphatic carbocycles. The van der Waals surface area contributed by atoms with Gasteiger partial charge in [0.15, 0.2) is 0 Å². The third-order valence-electron chi connectivity index (χ3n) is 5.16. The maximum atomic E-state index is 6.54. The van der Waals surface area contributed by atoms with E-state index >= 15 is 0 Å². The van der Waals surface area contributed by atoms with Crippen molar-refractivity contribution >= 4 is 11.6 Å². The monoisotopic (exact) mass is 425 g/mol. The summed E-state index contributed by atoms with van der Waals surface area (Å²) in [7, 11) is 0. The molecule has 0 spiro atoms. The van der Waals surface area contributed by atoms with E-state index in [2.05, 4.69) is 28.6 Å². The molecule has 0 saturated heterocycles. The Morgan fingerprint density at radius 1 is 1.10 bits per heavy atom. The number of hydrogen-bond donors (Lipinski definition) is 0. The third kappa shape index (κ3) is 4.23. The van der Waals surface area contributed by atoms with Crippen LogP contribution in [0.25, 0.3) is 22.6 Å². The first-order valence-corrected chi connectivity index (χ1v) is 10.8. The number of rotatable bonds is 4. The highest BCUT2D eigenvalue weighted by molar-refractivity contribution is 6.32. The first-order valence-electron chi connectivity index (χ1n) is 10.4. The topological polar surface area (TPSA) is 49.2 Å². The van der Waals surface area contributed by atoms with Crippen molar-refractivity contribution in [2.24, 2.45) is 0 Å². The summed E-state index contributed by atoms with van der Waals surface area (Å²) in [5, 5.41) is 0.591. The molecule has 0 unspecified atom stereocenters. The van der Waals surface area contributed by atoms with E-state index in [0.29, 0.717) is 17.4 Å². The van der Waals surface area contributed by atoms with E-state index in [1.165, 1.54) is 5.69 Å². The number of ether oxygens (including phenoxy) is 2. The highest BCUT2D eigenvalue weighted by Gasteiger charge is 2.24. The number of hydrogen-bond acceptors (Lipinski definition) is 4. The maximum absolute atomic E-state index is 6.54. The molecule has 0 bridgehead atoms. The summed E-state index contributed by atoms with van der Waals surface area (Å²) in [6.45, 7) is 11.6. The Morgan fingerprint density at radius 2 is 1.83 bits per heavy atom. The molecule has 1 aliphatic heterocycles. The van der Waals surface area contributed by atoms with E-state index < -0.39 is 0 Å². The molecule has 0 fully saturated rings. The van der Waals surface area contributed by atoms with Gasteiger partial charge in [-0.3, -0.25) is 4.98 Å². The Bertz CT molecular complexity index is 1050. The van der Waals surface area contributed by atoms with Gasteiger partial charge in [-0.2, -0.15) is 0 Å². The lowest BCUT2D eigenvalue weighted by atomic mass is 10.1. The second-order valence-electron chi connectivity index (χ2n) is 8.22. The molecule has 0 saturated carbocycles. The van der Waals surface area contributed by atoms with Crippen molar-refractivity contribution in [3.63, 3.8) is 0 Å². The van der Waals surface area contributed by atoms with Gasteiger partial charge in [-0.1, -0.05) is 11.6 Å². The highest BCUT2D eigenvalue weighted by atomic mass is 35.5. The molecule has 4 rings (SSSR count). The van der Waals surface area contributed by atoms with Crippen LogP contribution in [0, 0.1) is 13.8 Å². The summed E-state index contributed by atoms with van der Waals surface area (Å²) in [4.78, 5) is 9.62. The lowest BCUT2D eigenvalue weighted by Gasteiger charge is -2.14. The van der Waals surface area contributed by atoms with E-state index in [4.69, 9.17) is 26.1 Å². The third-order valence-corrected chi connectivity index (χ3v) is 5.46. The zero-order valence-corrected chi connectivity index (χ0v) is 19.0. The minimum absolute atomic E-state index is 0.0683. The van der Waals surface area contributed by atoms with Gasteiger partial charge in [0.2, 0.25) is 0 Å². The van der Waals surface area contributed by atoms with Gasteiger partial charge in [-0.05, 0) is 65.0 Å². The fourth-order valence-electron chi connectivity index (χ4n) is 4.02. The van der Waals surface area contributed by atoms with Gasteiger partial charge in [-0.25, -0.2) is 4.98 Å². The molecule has 158 valence electrons. The van der Waals surface area contributed by atoms with Crippen molar-refractivity contribution in [1.82, 2.24) is 14.5 Å². The molecule has 3 heterocycles. The van der Waals surface area contributed by atoms with E-state index in [-0.39, 0.29) is 12.2 Å². The lowest BCUT2D eigenvalue weighted by Crippen LogP contribution is -2.15. The van der Waals surface area contributed by atoms with Crippen molar-refractivity contribution in [2.75, 3.05) is 6.61 Å². The summed E-state index contributed by atoms with van der Waals surface area (Å²) in [5.74, 6) is 1.60. The van der Waals surface area contributed by atoms with Crippen LogP contribution in [-0.4, -0.2) is 33.3 Å². The predicted octanol–water partition coefficient (Wildman–Crippen LogP) is 5.63. The van der Waals surface area contributed by atoms with Gasteiger partial charge in [0.05, 0.1) is 36.1 Å². The number of nitrogens with zero attached hydrogens (tertiary/aromatic N) is 3. The fourth-order valence-corrected chi connectivity index (χ4v) is 4.24. The van der Waals surface area contributed by atoms with Gasteiger partial charge >= 0.3 is 0 Å². The van der Waals surface area contributed by atoms with Crippen LogP contribution in [-0.2, 0) is 17.7 Å². The Labute approximate surface area is 183 Å². The quantitative estimate of drug-likeness (QED) is 0.543. The zero-order chi connectivity index (χ0) is 21.4. The number of aromatic nitrogens is 3. The van der Waals surface area contributed by atoms with Gasteiger partial charge in [0, 0.05) is 34.6 Å². The second kappa shape index (κ2) is 8.40. The molecule has 1 atom stereocenters. The number of pyridine rings is 1. The zero-order valence-electron chi connectivity index (χ0n) is 18.2. The van der Waals surface area contributed by atoms with E-state index in [1.807, 2.05) is 45.9 Å². The van der Waals surface area contributed by atoms with Crippen molar-refractivity contribution < 1.29 is 9.47 Å². The molecule has 1 aliphatic rings. The smallest absolute Gasteiger partial charge is 0.141 e. The highest BCUT2D eigenvalue weighted by Crippen LogP contribution is 2.35. The average molecular weight is 426 g/mol. The normalized spacial score (nSPS) is 16.4. The molecule has 30 heavy (non-hydrogen) atoms. The molecule has 1 aromatic carbocycles. The molecule has 0 radical (unpaired) electrons. The van der Waals surface area contributed by atoms with Crippen molar-refractivity contribution in [3.8, 4) is 28.4 Å². The Kier molecular flexibility index (Phi) is 5.85. The maximum Gasteiger partial charge on any atom is 0.141 e. The molecule has 2 aromatic heterocycles. The Balaban J connectivity index is 1.86. The fraction of sp³-hybridized carbons (Fsp3) is 0.417. The van der Waals surface area contributed by atoms with Crippen molar-refractivity contribution in [3.05, 3.63) is 52.4 Å². The van der Waals surface area contributed by atoms with Crippen LogP contribution >= 0.6 is 11.6 Å². The standard InChI is InChI=1S/C24H28ClN3O2/c1-14(2)30-22-7-6-18(12-20(22)25)24-27-23(19-10-15(3)26-16(4)11-19)21-8-9-29-17(5)13-28(21)24/h6-7,10-12,14,17H,8-9,13H2,1-5H3/t17-/m1/s1. The number of imidazole rings is 1. The minimum atomic E-state index is 0.0683. The summed E-state index contributed by atoms with van der Waals surface area (Å²) in [6, 6.07) is 10.1. The van der Waals surface area contributed by atoms with E-state index in [1.54, 1.807) is 0 Å². The van der Waals surface area contributed by atoms with Gasteiger partial charge in [-0.15, -0.1) is 0 Å². The van der Waals surface area contributed by atoms with Crippen LogP contribution in [0.1, 0.15) is 37.9 Å². The second-order valence-corrected chi connectivity index (χ2v) is 8.63. The predicted molar refractivity (Wildman–Crippen MR) is 120 cm³/mol. The van der Waals surface area contributed by atoms with E-state index in [9.17, 15) is 0 Å². The van der Waals surface area contributed by atoms with Crippen LogP contribution in [0.5, 0.6) is 5.75 Å². The van der Waals surface area contributed by atoms with Gasteiger partial charge < -0.3 is 14.0 Å². The first kappa shape index (κ1) is 20.9. The van der Waals surface area contributed by atoms with Crippen LogP contribution in [0.15, 0.2) is 30.3 Å². The molecular formula is C24H28ClN3O2. The summed E-state index contributed by atoms with van der Waals surface area (Å²) in [6.07, 6.45) is 1.00. The first-order chi connectivity index (χ1) is 14.3. The molecule has 5 nitrogen and oxygen atoms in total. The number of halogens is 1. The number of fused-ring (bicyclic) bond motifs is 1. The van der Waals surface area contributed by atoms with Crippen LogP contribution in [0.2, 0.25) is 5.02 Å². The Morgan fingerprint density at radius 3 is 2.50 bits per heavy atom. The van der Waals surface area contributed by atoms with Crippen LogP contribution in [0.3, 0.4) is 0 Å². The number of aryl methyl sites for hydroxylation is 2. The minimum Gasteiger partial charge on any atom is -0.489 e. The lowest BCUT2D eigenvalue weighted by molar-refractivity contribution is 0.0666. The van der Waals surface area contributed by atoms with Crippen molar-refractivity contribution in [1.29, 1.82) is 0 Å². The van der Waals surface area contributed by atoms with Crippen LogP contribution in [0.4, 0.5) is 0 Å². The van der Waals surface area contributed by atoms with E-state index in [0.717, 1.165) is 47.0 Å². The summed E-state index contributed by atoms with van der Waals surface area (Å²) < 4.78 is 14.0. The molecule has 6 heteroatoms. The SMILES string of the molecule is Cc1cc(-c2nc(-c3ccc(OC(C)C)c(Cl)c3)n3c2CCO[C@H](C)C3)cc(C)n1. The average Bonchev–Trinajstić information content (AvgIpc) is 2.89. The van der Waals surface area contributed by atoms with Gasteiger partial charge in [0.1, 0.15) is 11.6 Å². The number of benzene rings is 1. The Hall–Kier alpha value is -2.37. The van der Waals surface area contributed by atoms with Crippen LogP contribution < -0.4 is 4.74 Å². The van der Waals surface area contributed by atoms with Crippen molar-refractivity contribution in [2.45, 2.75) is 59.8 Å². The molecule has 3 aromatic rings. The summed E-state index contributed by atoms with van der Waals surface area (Å²) >= 11 is 6.54. The summed E-state index contributed by atoms with van der Waals surface area (Å²) in [5.41, 5.74) is 6.23. The molecule has 0 N–H and O–H groups in total.